The molecule has 0 fully saturated rings. The predicted octanol–water partition coefficient (Wildman–Crippen LogP) is 1.41. The number of hydrogen-bond donors (Lipinski definition) is 1. The smallest absolute Gasteiger partial charge is 0.108 e. The first-order valence-electron chi connectivity index (χ1n) is 3.33. The van der Waals surface area contributed by atoms with Crippen LogP contribution in [-0.2, 0) is 12.6 Å². The first-order valence-corrected chi connectivity index (χ1v) is 4.12. The average molecular weight is 219 g/mol. The molecule has 0 amide bonds. The first kappa shape index (κ1) is 8.74. The summed E-state index contributed by atoms with van der Waals surface area (Å²) in [5.74, 6) is 0. The van der Waals surface area contributed by atoms with E-state index in [2.05, 4.69) is 21.0 Å². The Balaban J connectivity index is 3.13. The summed E-state index contributed by atoms with van der Waals surface area (Å²) in [5, 5.41) is 13.7. The van der Waals surface area contributed by atoms with Crippen molar-refractivity contribution in [2.75, 3.05) is 0 Å². The lowest BCUT2D eigenvalue weighted by Gasteiger charge is -2.13. The zero-order chi connectivity index (χ0) is 8.65. The van der Waals surface area contributed by atoms with Crippen LogP contribution in [0.1, 0.15) is 19.5 Å². The highest BCUT2D eigenvalue weighted by molar-refractivity contribution is 9.10. The van der Waals surface area contributed by atoms with E-state index in [1.165, 1.54) is 0 Å². The van der Waals surface area contributed by atoms with Crippen molar-refractivity contribution < 1.29 is 5.11 Å². The van der Waals surface area contributed by atoms with E-state index in [0.717, 1.165) is 4.47 Å². The number of aliphatic hydroxyl groups is 1. The summed E-state index contributed by atoms with van der Waals surface area (Å²) in [6.45, 7) is 3.42. The number of hydrogen-bond acceptors (Lipinski definition) is 2. The van der Waals surface area contributed by atoms with E-state index in [1.54, 1.807) is 18.5 Å². The van der Waals surface area contributed by atoms with Gasteiger partial charge in [-0.1, -0.05) is 0 Å². The van der Waals surface area contributed by atoms with Gasteiger partial charge < -0.3 is 5.11 Å². The Morgan fingerprint density at radius 3 is 2.36 bits per heavy atom. The van der Waals surface area contributed by atoms with Crippen molar-refractivity contribution in [2.24, 2.45) is 7.05 Å². The maximum absolute atomic E-state index is 9.58. The number of nitrogens with zero attached hydrogens (tertiary/aromatic N) is 2. The normalized spacial score (nSPS) is 12.1. The summed E-state index contributed by atoms with van der Waals surface area (Å²) in [6, 6.07) is 0. The molecule has 62 valence electrons. The van der Waals surface area contributed by atoms with E-state index >= 15 is 0 Å². The van der Waals surface area contributed by atoms with Crippen LogP contribution in [0.15, 0.2) is 10.7 Å². The molecule has 0 aromatic carbocycles. The van der Waals surface area contributed by atoms with Gasteiger partial charge >= 0.3 is 0 Å². The van der Waals surface area contributed by atoms with Crippen LogP contribution in [0.4, 0.5) is 0 Å². The topological polar surface area (TPSA) is 38.0 Å². The molecule has 0 aliphatic carbocycles. The van der Waals surface area contributed by atoms with Gasteiger partial charge in [0.2, 0.25) is 0 Å². The van der Waals surface area contributed by atoms with Crippen molar-refractivity contribution in [1.82, 2.24) is 9.78 Å². The fourth-order valence-corrected chi connectivity index (χ4v) is 1.73. The van der Waals surface area contributed by atoms with Gasteiger partial charge in [0.05, 0.1) is 4.47 Å². The minimum absolute atomic E-state index is 0.667. The summed E-state index contributed by atoms with van der Waals surface area (Å²) in [7, 11) is 1.82. The molecule has 0 bridgehead atoms. The van der Waals surface area contributed by atoms with Gasteiger partial charge in [0.25, 0.3) is 0 Å². The summed E-state index contributed by atoms with van der Waals surface area (Å²) in [5.41, 5.74) is -0.208. The summed E-state index contributed by atoms with van der Waals surface area (Å²) < 4.78 is 2.50. The molecule has 0 radical (unpaired) electrons. The number of aryl methyl sites for hydroxylation is 1. The number of aromatic nitrogens is 2. The molecular weight excluding hydrogens is 208 g/mol. The fourth-order valence-electron chi connectivity index (χ4n) is 0.874. The van der Waals surface area contributed by atoms with Crippen molar-refractivity contribution in [2.45, 2.75) is 19.4 Å². The second-order valence-electron chi connectivity index (χ2n) is 3.06. The van der Waals surface area contributed by atoms with E-state index in [9.17, 15) is 5.11 Å². The Morgan fingerprint density at radius 2 is 2.18 bits per heavy atom. The third-order valence-electron chi connectivity index (χ3n) is 1.36. The van der Waals surface area contributed by atoms with E-state index < -0.39 is 5.60 Å². The van der Waals surface area contributed by atoms with Crippen LogP contribution in [0, 0.1) is 0 Å². The Hall–Kier alpha value is -0.350. The SMILES string of the molecule is Cn1cc(Br)c(C(C)(C)O)n1. The van der Waals surface area contributed by atoms with Crippen molar-refractivity contribution in [1.29, 1.82) is 0 Å². The quantitative estimate of drug-likeness (QED) is 0.775. The van der Waals surface area contributed by atoms with Crippen LogP contribution in [0.3, 0.4) is 0 Å². The average Bonchev–Trinajstić information content (AvgIpc) is 2.08. The maximum Gasteiger partial charge on any atom is 0.108 e. The Morgan fingerprint density at radius 1 is 1.64 bits per heavy atom. The summed E-state index contributed by atoms with van der Waals surface area (Å²) >= 11 is 3.31. The second kappa shape index (κ2) is 2.60. The van der Waals surface area contributed by atoms with E-state index in [0.29, 0.717) is 5.69 Å². The van der Waals surface area contributed by atoms with E-state index in [1.807, 2.05) is 13.2 Å². The Kier molecular flexibility index (Phi) is 2.07. The highest BCUT2D eigenvalue weighted by atomic mass is 79.9. The van der Waals surface area contributed by atoms with Crippen molar-refractivity contribution in [3.63, 3.8) is 0 Å². The molecule has 0 unspecified atom stereocenters. The van der Waals surface area contributed by atoms with Gasteiger partial charge in [0, 0.05) is 13.2 Å². The van der Waals surface area contributed by atoms with E-state index in [-0.39, 0.29) is 0 Å². The monoisotopic (exact) mass is 218 g/mol. The number of halogens is 1. The van der Waals surface area contributed by atoms with Gasteiger partial charge in [-0.3, -0.25) is 4.68 Å². The van der Waals surface area contributed by atoms with Crippen molar-refractivity contribution in [3.05, 3.63) is 16.4 Å². The Labute approximate surface area is 74.2 Å². The number of rotatable bonds is 1. The molecule has 1 heterocycles. The minimum Gasteiger partial charge on any atom is -0.384 e. The summed E-state index contributed by atoms with van der Waals surface area (Å²) in [4.78, 5) is 0. The molecule has 0 atom stereocenters. The van der Waals surface area contributed by atoms with Gasteiger partial charge in [-0.15, -0.1) is 0 Å². The van der Waals surface area contributed by atoms with Gasteiger partial charge in [0.15, 0.2) is 0 Å². The minimum atomic E-state index is -0.875. The molecule has 0 aliphatic heterocycles. The van der Waals surface area contributed by atoms with Gasteiger partial charge in [-0.25, -0.2) is 0 Å². The molecule has 1 aromatic rings. The standard InChI is InChI=1S/C7H11BrN2O/c1-7(2,11)6-5(8)4-10(3)9-6/h4,11H,1-3H3. The summed E-state index contributed by atoms with van der Waals surface area (Å²) in [6.07, 6.45) is 1.81. The zero-order valence-corrected chi connectivity index (χ0v) is 8.38. The lowest BCUT2D eigenvalue weighted by molar-refractivity contribution is 0.0725. The first-order chi connectivity index (χ1) is 4.91. The molecule has 1 aromatic heterocycles. The zero-order valence-electron chi connectivity index (χ0n) is 6.80. The lowest BCUT2D eigenvalue weighted by Crippen LogP contribution is -2.17. The van der Waals surface area contributed by atoms with Crippen LogP contribution in [0.25, 0.3) is 0 Å². The molecule has 3 nitrogen and oxygen atoms in total. The molecule has 1 rings (SSSR count). The van der Waals surface area contributed by atoms with Gasteiger partial charge in [-0.2, -0.15) is 5.10 Å². The molecule has 0 saturated carbocycles. The maximum atomic E-state index is 9.58. The fraction of sp³-hybridized carbons (Fsp3) is 0.571. The third kappa shape index (κ3) is 1.81. The lowest BCUT2D eigenvalue weighted by atomic mass is 10.1. The molecule has 4 heteroatoms. The van der Waals surface area contributed by atoms with Crippen molar-refractivity contribution in [3.8, 4) is 0 Å². The van der Waals surface area contributed by atoms with Gasteiger partial charge in [-0.05, 0) is 29.8 Å². The van der Waals surface area contributed by atoms with Crippen LogP contribution in [0.2, 0.25) is 0 Å². The molecule has 11 heavy (non-hydrogen) atoms. The molecule has 1 N–H and O–H groups in total. The second-order valence-corrected chi connectivity index (χ2v) is 3.91. The highest BCUT2D eigenvalue weighted by Gasteiger charge is 2.22. The van der Waals surface area contributed by atoms with Crippen LogP contribution in [0.5, 0.6) is 0 Å². The predicted molar refractivity (Wildman–Crippen MR) is 46.2 cm³/mol. The van der Waals surface area contributed by atoms with Crippen LogP contribution < -0.4 is 0 Å². The van der Waals surface area contributed by atoms with Crippen molar-refractivity contribution >= 4 is 15.9 Å². The largest absolute Gasteiger partial charge is 0.384 e. The molecule has 0 saturated heterocycles. The molecular formula is C7H11BrN2O. The molecule has 0 spiro atoms. The third-order valence-corrected chi connectivity index (χ3v) is 1.94. The highest BCUT2D eigenvalue weighted by Crippen LogP contribution is 2.25. The van der Waals surface area contributed by atoms with E-state index in [4.69, 9.17) is 0 Å². The van der Waals surface area contributed by atoms with Crippen LogP contribution >= 0.6 is 15.9 Å². The molecule has 0 aliphatic rings. The Bertz CT molecular complexity index is 262. The van der Waals surface area contributed by atoms with Crippen LogP contribution in [-0.4, -0.2) is 14.9 Å². The van der Waals surface area contributed by atoms with Gasteiger partial charge in [0.1, 0.15) is 11.3 Å².